The Bertz CT molecular complexity index is 690. The molecule has 0 saturated heterocycles. The number of benzene rings is 1. The molecule has 0 heterocycles. The summed E-state index contributed by atoms with van der Waals surface area (Å²) in [7, 11) is -3.41. The van der Waals surface area contributed by atoms with Crippen LogP contribution in [-0.4, -0.2) is 37.5 Å². The predicted molar refractivity (Wildman–Crippen MR) is 101 cm³/mol. The van der Waals surface area contributed by atoms with E-state index in [0.717, 1.165) is 53.4 Å². The number of nitrogens with one attached hydrogen (secondary N) is 1. The van der Waals surface area contributed by atoms with Crippen molar-refractivity contribution < 1.29 is 13.2 Å². The third-order valence-electron chi connectivity index (χ3n) is 4.47. The minimum Gasteiger partial charge on any atom is -0.324 e. The highest BCUT2D eigenvalue weighted by Gasteiger charge is 2.30. The molecule has 1 aromatic carbocycles. The monoisotopic (exact) mass is 416 g/mol. The van der Waals surface area contributed by atoms with Crippen LogP contribution in [0.3, 0.4) is 0 Å². The Labute approximate surface area is 153 Å². The Morgan fingerprint density at radius 1 is 1.21 bits per heavy atom. The fourth-order valence-electron chi connectivity index (χ4n) is 3.31. The van der Waals surface area contributed by atoms with Crippen LogP contribution >= 0.6 is 15.9 Å². The molecule has 1 aromatic rings. The van der Waals surface area contributed by atoms with Crippen LogP contribution in [0.2, 0.25) is 0 Å². The molecule has 0 bridgehead atoms. The lowest BCUT2D eigenvalue weighted by molar-refractivity contribution is -0.116. The average molecular weight is 417 g/mol. The number of carbonyl (C=O) groups excluding carboxylic acids is 1. The van der Waals surface area contributed by atoms with E-state index in [-0.39, 0.29) is 18.5 Å². The standard InChI is InChI=1S/C17H25BrN2O3S/c1-12-9-14(18)10-13(2)17(12)19-16(21)11-20(24(3,22)23)15-7-5-4-6-8-15/h9-10,15H,4-8,11H2,1-3H3,(H,19,21). The second kappa shape index (κ2) is 7.97. The van der Waals surface area contributed by atoms with Gasteiger partial charge in [-0.25, -0.2) is 8.42 Å². The molecule has 1 fully saturated rings. The zero-order valence-corrected chi connectivity index (χ0v) is 16.8. The third kappa shape index (κ3) is 5.04. The Kier molecular flexibility index (Phi) is 6.45. The number of anilines is 1. The molecule has 1 aliphatic carbocycles. The first-order valence-corrected chi connectivity index (χ1v) is 10.9. The number of hydrogen-bond donors (Lipinski definition) is 1. The van der Waals surface area contributed by atoms with Gasteiger partial charge in [-0.1, -0.05) is 35.2 Å². The summed E-state index contributed by atoms with van der Waals surface area (Å²) in [5, 5.41) is 2.88. The molecule has 0 spiro atoms. The van der Waals surface area contributed by atoms with E-state index in [9.17, 15) is 13.2 Å². The van der Waals surface area contributed by atoms with Gasteiger partial charge in [0.2, 0.25) is 15.9 Å². The van der Waals surface area contributed by atoms with Crippen LogP contribution in [0.4, 0.5) is 5.69 Å². The summed E-state index contributed by atoms with van der Waals surface area (Å²) in [5.74, 6) is -0.292. The van der Waals surface area contributed by atoms with Crippen LogP contribution in [-0.2, 0) is 14.8 Å². The number of hydrogen-bond acceptors (Lipinski definition) is 3. The Balaban J connectivity index is 2.14. The second-order valence-electron chi connectivity index (χ2n) is 6.56. The van der Waals surface area contributed by atoms with Gasteiger partial charge in [0.15, 0.2) is 0 Å². The van der Waals surface area contributed by atoms with Crippen molar-refractivity contribution in [3.8, 4) is 0 Å². The molecule has 1 aliphatic rings. The van der Waals surface area contributed by atoms with Crippen LogP contribution < -0.4 is 5.32 Å². The highest BCUT2D eigenvalue weighted by Crippen LogP contribution is 2.26. The van der Waals surface area contributed by atoms with Gasteiger partial charge in [0.1, 0.15) is 0 Å². The third-order valence-corrected chi connectivity index (χ3v) is 6.21. The maximum atomic E-state index is 12.5. The van der Waals surface area contributed by atoms with Crippen molar-refractivity contribution in [3.63, 3.8) is 0 Å². The quantitative estimate of drug-likeness (QED) is 0.796. The normalized spacial score (nSPS) is 16.4. The summed E-state index contributed by atoms with van der Waals surface area (Å²) in [6.45, 7) is 3.71. The molecule has 24 heavy (non-hydrogen) atoms. The molecule has 0 unspecified atom stereocenters. The number of halogens is 1. The number of amides is 1. The van der Waals surface area contributed by atoms with Crippen molar-refractivity contribution in [1.29, 1.82) is 0 Å². The average Bonchev–Trinajstić information content (AvgIpc) is 2.48. The van der Waals surface area contributed by atoms with E-state index in [1.807, 2.05) is 26.0 Å². The molecule has 5 nitrogen and oxygen atoms in total. The molecule has 134 valence electrons. The minimum atomic E-state index is -3.41. The van der Waals surface area contributed by atoms with Crippen molar-refractivity contribution in [2.45, 2.75) is 52.0 Å². The van der Waals surface area contributed by atoms with E-state index in [2.05, 4.69) is 21.2 Å². The lowest BCUT2D eigenvalue weighted by atomic mass is 9.95. The summed E-state index contributed by atoms with van der Waals surface area (Å²) in [6.07, 6.45) is 6.02. The molecule has 0 aromatic heterocycles. The number of nitrogens with zero attached hydrogens (tertiary/aromatic N) is 1. The molecule has 1 N–H and O–H groups in total. The first-order valence-electron chi connectivity index (χ1n) is 8.22. The van der Waals surface area contributed by atoms with Gasteiger partial charge in [-0.2, -0.15) is 4.31 Å². The maximum Gasteiger partial charge on any atom is 0.239 e. The first kappa shape index (κ1) is 19.4. The zero-order chi connectivity index (χ0) is 17.9. The Hall–Kier alpha value is -0.920. The van der Waals surface area contributed by atoms with Gasteiger partial charge in [-0.05, 0) is 49.9 Å². The van der Waals surface area contributed by atoms with Crippen LogP contribution in [0.1, 0.15) is 43.2 Å². The molecule has 1 amide bonds. The van der Waals surface area contributed by atoms with E-state index in [1.165, 1.54) is 10.6 Å². The second-order valence-corrected chi connectivity index (χ2v) is 9.41. The summed E-state index contributed by atoms with van der Waals surface area (Å²) in [4.78, 5) is 12.5. The lowest BCUT2D eigenvalue weighted by Gasteiger charge is -2.32. The molecule has 2 rings (SSSR count). The van der Waals surface area contributed by atoms with Crippen molar-refractivity contribution in [3.05, 3.63) is 27.7 Å². The fraction of sp³-hybridized carbons (Fsp3) is 0.588. The predicted octanol–water partition coefficient (Wildman–Crippen LogP) is 3.60. The Morgan fingerprint density at radius 3 is 2.25 bits per heavy atom. The van der Waals surface area contributed by atoms with E-state index in [4.69, 9.17) is 0 Å². The van der Waals surface area contributed by atoms with Gasteiger partial charge in [0.05, 0.1) is 12.8 Å². The van der Waals surface area contributed by atoms with Gasteiger partial charge >= 0.3 is 0 Å². The van der Waals surface area contributed by atoms with Gasteiger partial charge in [-0.3, -0.25) is 4.79 Å². The summed E-state index contributed by atoms with van der Waals surface area (Å²) in [5.41, 5.74) is 2.64. The van der Waals surface area contributed by atoms with Crippen molar-refractivity contribution in [2.75, 3.05) is 18.1 Å². The van der Waals surface area contributed by atoms with Crippen LogP contribution in [0.25, 0.3) is 0 Å². The van der Waals surface area contributed by atoms with Gasteiger partial charge < -0.3 is 5.32 Å². The maximum absolute atomic E-state index is 12.5. The first-order chi connectivity index (χ1) is 11.2. The van der Waals surface area contributed by atoms with E-state index in [0.29, 0.717) is 0 Å². The smallest absolute Gasteiger partial charge is 0.239 e. The molecule has 7 heteroatoms. The number of rotatable bonds is 5. The van der Waals surface area contributed by atoms with Gasteiger partial charge in [-0.15, -0.1) is 0 Å². The number of aryl methyl sites for hydroxylation is 2. The molecule has 0 aliphatic heterocycles. The zero-order valence-electron chi connectivity index (χ0n) is 14.4. The fourth-order valence-corrected chi connectivity index (χ4v) is 5.11. The van der Waals surface area contributed by atoms with Crippen LogP contribution in [0.5, 0.6) is 0 Å². The molecular weight excluding hydrogens is 392 g/mol. The lowest BCUT2D eigenvalue weighted by Crippen LogP contribution is -2.45. The summed E-state index contributed by atoms with van der Waals surface area (Å²) in [6, 6.07) is 3.79. The summed E-state index contributed by atoms with van der Waals surface area (Å²) < 4.78 is 26.6. The topological polar surface area (TPSA) is 66.5 Å². The SMILES string of the molecule is Cc1cc(Br)cc(C)c1NC(=O)CN(C1CCCCC1)S(C)(=O)=O. The van der Waals surface area contributed by atoms with E-state index in [1.54, 1.807) is 0 Å². The highest BCUT2D eigenvalue weighted by atomic mass is 79.9. The van der Waals surface area contributed by atoms with Gasteiger partial charge in [0, 0.05) is 16.2 Å². The molecule has 1 saturated carbocycles. The highest BCUT2D eigenvalue weighted by molar-refractivity contribution is 9.10. The summed E-state index contributed by atoms with van der Waals surface area (Å²) >= 11 is 3.43. The van der Waals surface area contributed by atoms with Crippen molar-refractivity contribution >= 4 is 37.5 Å². The van der Waals surface area contributed by atoms with Crippen LogP contribution in [0.15, 0.2) is 16.6 Å². The van der Waals surface area contributed by atoms with E-state index < -0.39 is 10.0 Å². The van der Waals surface area contributed by atoms with Crippen LogP contribution in [0, 0.1) is 13.8 Å². The van der Waals surface area contributed by atoms with Crippen molar-refractivity contribution in [1.82, 2.24) is 4.31 Å². The molecule has 0 radical (unpaired) electrons. The van der Waals surface area contributed by atoms with E-state index >= 15 is 0 Å². The number of carbonyl (C=O) groups is 1. The Morgan fingerprint density at radius 2 is 1.75 bits per heavy atom. The van der Waals surface area contributed by atoms with Gasteiger partial charge in [0.25, 0.3) is 0 Å². The van der Waals surface area contributed by atoms with Crippen molar-refractivity contribution in [2.24, 2.45) is 0 Å². The molecular formula is C17H25BrN2O3S. The molecule has 0 atom stereocenters. The number of sulfonamides is 1. The minimum absolute atomic E-state index is 0.0633. The largest absolute Gasteiger partial charge is 0.324 e.